The summed E-state index contributed by atoms with van der Waals surface area (Å²) < 4.78 is 17.8. The molecule has 0 saturated heterocycles. The van der Waals surface area contributed by atoms with E-state index in [0.29, 0.717) is 28.1 Å². The third-order valence-corrected chi connectivity index (χ3v) is 5.89. The first-order valence-electron chi connectivity index (χ1n) is 9.56. The van der Waals surface area contributed by atoms with Gasteiger partial charge >= 0.3 is 0 Å². The number of aromatic nitrogens is 4. The fourth-order valence-corrected chi connectivity index (χ4v) is 3.44. The molecular weight excluding hydrogens is 403 g/mol. The van der Waals surface area contributed by atoms with Crippen LogP contribution < -0.4 is 10.0 Å². The van der Waals surface area contributed by atoms with Crippen molar-refractivity contribution in [3.8, 4) is 11.3 Å². The number of halogens is 1. The van der Waals surface area contributed by atoms with Crippen molar-refractivity contribution in [2.24, 2.45) is 0 Å². The first-order chi connectivity index (χ1) is 14.4. The Kier molecular flexibility index (Phi) is 5.63. The molecule has 2 N–H and O–H groups in total. The van der Waals surface area contributed by atoms with E-state index in [0.717, 1.165) is 0 Å². The van der Waals surface area contributed by atoms with Crippen LogP contribution in [0.4, 0.5) is 16.0 Å². The zero-order chi connectivity index (χ0) is 21.1. The van der Waals surface area contributed by atoms with Gasteiger partial charge in [0.25, 0.3) is 0 Å². The van der Waals surface area contributed by atoms with Crippen molar-refractivity contribution in [1.82, 2.24) is 19.9 Å². The molecule has 1 amide bonds. The van der Waals surface area contributed by atoms with Crippen LogP contribution in [-0.4, -0.2) is 31.1 Å². The monoisotopic (exact) mass is 424 g/mol. The molecule has 0 aliphatic heterocycles. The van der Waals surface area contributed by atoms with E-state index in [1.165, 1.54) is 25.0 Å². The van der Waals surface area contributed by atoms with Crippen LogP contribution in [0.5, 0.6) is 0 Å². The van der Waals surface area contributed by atoms with E-state index < -0.39 is 11.2 Å². The molecular formula is C21H21FN6OS. The summed E-state index contributed by atoms with van der Waals surface area (Å²) in [5.41, 5.74) is 0.791. The van der Waals surface area contributed by atoms with Gasteiger partial charge in [-0.25, -0.2) is 14.4 Å². The van der Waals surface area contributed by atoms with E-state index in [9.17, 15) is 9.18 Å². The summed E-state index contributed by atoms with van der Waals surface area (Å²) in [7, 11) is 0. The quantitative estimate of drug-likeness (QED) is 0.549. The number of nitrogens with one attached hydrogen (secondary N) is 2. The summed E-state index contributed by atoms with van der Waals surface area (Å²) in [4.78, 5) is 29.8. The molecule has 1 saturated carbocycles. The summed E-state index contributed by atoms with van der Waals surface area (Å²) in [6, 6.07) is 6.23. The van der Waals surface area contributed by atoms with Gasteiger partial charge in [0.1, 0.15) is 5.82 Å². The molecule has 3 aromatic rings. The lowest BCUT2D eigenvalue weighted by Gasteiger charge is -2.23. The molecule has 0 spiro atoms. The number of rotatable bonds is 7. The van der Waals surface area contributed by atoms with Gasteiger partial charge in [-0.2, -0.15) is 0 Å². The van der Waals surface area contributed by atoms with Crippen molar-refractivity contribution in [3.05, 3.63) is 60.6 Å². The van der Waals surface area contributed by atoms with E-state index in [1.54, 1.807) is 62.7 Å². The van der Waals surface area contributed by atoms with Gasteiger partial charge in [-0.05, 0) is 56.8 Å². The average Bonchev–Trinajstić information content (AvgIpc) is 3.59. The van der Waals surface area contributed by atoms with Crippen molar-refractivity contribution >= 4 is 29.5 Å². The Bertz CT molecular complexity index is 1060. The lowest BCUT2D eigenvalue weighted by atomic mass is 9.88. The molecule has 1 aliphatic rings. The van der Waals surface area contributed by atoms with Crippen LogP contribution in [0.15, 0.2) is 49.1 Å². The van der Waals surface area contributed by atoms with E-state index in [2.05, 4.69) is 30.0 Å². The summed E-state index contributed by atoms with van der Waals surface area (Å²) >= 11 is 1.59. The maximum atomic E-state index is 14.6. The Morgan fingerprint density at radius 1 is 1.17 bits per heavy atom. The van der Waals surface area contributed by atoms with Gasteiger partial charge in [-0.1, -0.05) is 6.07 Å². The standard InChI is InChI=1S/C21H21FN6OS/c1-21(2,18-7-8-25-20(27-18)28-30-14-4-5-14)19(29)26-16-6-3-13(11-15(16)22)17-12-23-9-10-24-17/h3,6-12,14H,4-5H2,1-2H3,(H,26,29)(H,25,27,28). The van der Waals surface area contributed by atoms with E-state index >= 15 is 0 Å². The largest absolute Gasteiger partial charge is 0.323 e. The molecule has 0 unspecified atom stereocenters. The van der Waals surface area contributed by atoms with Crippen molar-refractivity contribution in [1.29, 1.82) is 0 Å². The summed E-state index contributed by atoms with van der Waals surface area (Å²) in [6.07, 6.45) is 8.63. The van der Waals surface area contributed by atoms with Crippen LogP contribution in [0.3, 0.4) is 0 Å². The third-order valence-electron chi connectivity index (χ3n) is 4.78. The minimum absolute atomic E-state index is 0.0948. The smallest absolute Gasteiger partial charge is 0.236 e. The van der Waals surface area contributed by atoms with Gasteiger partial charge in [-0.15, -0.1) is 0 Å². The molecule has 2 heterocycles. The molecule has 9 heteroatoms. The lowest BCUT2D eigenvalue weighted by molar-refractivity contribution is -0.120. The Hall–Kier alpha value is -3.07. The predicted molar refractivity (Wildman–Crippen MR) is 115 cm³/mol. The number of hydrogen-bond donors (Lipinski definition) is 2. The van der Waals surface area contributed by atoms with E-state index in [1.807, 2.05) is 0 Å². The fraction of sp³-hybridized carbons (Fsp3) is 0.286. The van der Waals surface area contributed by atoms with E-state index in [-0.39, 0.29) is 11.6 Å². The Labute approximate surface area is 178 Å². The molecule has 154 valence electrons. The normalized spacial score (nSPS) is 13.7. The van der Waals surface area contributed by atoms with Gasteiger partial charge in [-0.3, -0.25) is 19.5 Å². The zero-order valence-electron chi connectivity index (χ0n) is 16.6. The van der Waals surface area contributed by atoms with Gasteiger partial charge in [0, 0.05) is 29.4 Å². The van der Waals surface area contributed by atoms with Crippen LogP contribution in [0.2, 0.25) is 0 Å². The Morgan fingerprint density at radius 2 is 2.00 bits per heavy atom. The molecule has 0 radical (unpaired) electrons. The first-order valence-corrected chi connectivity index (χ1v) is 10.4. The summed E-state index contributed by atoms with van der Waals surface area (Å²) in [5.74, 6) is -0.453. The number of carbonyl (C=O) groups is 1. The molecule has 2 aromatic heterocycles. The highest BCUT2D eigenvalue weighted by molar-refractivity contribution is 8.01. The highest BCUT2D eigenvalue weighted by atomic mass is 32.2. The first kappa shape index (κ1) is 20.2. The van der Waals surface area contributed by atoms with Crippen LogP contribution in [0.1, 0.15) is 32.4 Å². The van der Waals surface area contributed by atoms with Crippen molar-refractivity contribution in [2.45, 2.75) is 37.4 Å². The molecule has 0 atom stereocenters. The molecule has 7 nitrogen and oxygen atoms in total. The molecule has 1 fully saturated rings. The number of carbonyl (C=O) groups excluding carboxylic acids is 1. The van der Waals surface area contributed by atoms with Gasteiger partial charge in [0.05, 0.1) is 28.7 Å². The maximum Gasteiger partial charge on any atom is 0.236 e. The number of hydrogen-bond acceptors (Lipinski definition) is 7. The topological polar surface area (TPSA) is 92.7 Å². The van der Waals surface area contributed by atoms with Crippen molar-refractivity contribution in [3.63, 3.8) is 0 Å². The highest BCUT2D eigenvalue weighted by Gasteiger charge is 2.32. The number of anilines is 2. The minimum Gasteiger partial charge on any atom is -0.323 e. The highest BCUT2D eigenvalue weighted by Crippen LogP contribution is 2.34. The molecule has 1 aliphatic carbocycles. The lowest BCUT2D eigenvalue weighted by Crippen LogP contribution is -2.36. The molecule has 0 bridgehead atoms. The van der Waals surface area contributed by atoms with Crippen molar-refractivity contribution in [2.75, 3.05) is 10.0 Å². The number of benzene rings is 1. The van der Waals surface area contributed by atoms with E-state index in [4.69, 9.17) is 0 Å². The number of amides is 1. The molecule has 30 heavy (non-hydrogen) atoms. The second-order valence-corrected chi connectivity index (χ2v) is 8.66. The summed E-state index contributed by atoms with van der Waals surface area (Å²) in [5, 5.41) is 3.27. The van der Waals surface area contributed by atoms with Crippen molar-refractivity contribution < 1.29 is 9.18 Å². The molecule has 1 aromatic carbocycles. The van der Waals surface area contributed by atoms with Gasteiger partial charge in [0.2, 0.25) is 11.9 Å². The van der Waals surface area contributed by atoms with Crippen LogP contribution in [0, 0.1) is 5.82 Å². The molecule has 4 rings (SSSR count). The Balaban J connectivity index is 1.49. The third kappa shape index (κ3) is 4.56. The van der Waals surface area contributed by atoms with Crippen LogP contribution >= 0.6 is 11.9 Å². The average molecular weight is 425 g/mol. The maximum absolute atomic E-state index is 14.6. The van der Waals surface area contributed by atoms with Crippen LogP contribution in [-0.2, 0) is 10.2 Å². The van der Waals surface area contributed by atoms with Crippen LogP contribution in [0.25, 0.3) is 11.3 Å². The Morgan fingerprint density at radius 3 is 2.70 bits per heavy atom. The summed E-state index contributed by atoms with van der Waals surface area (Å²) in [6.45, 7) is 3.49. The zero-order valence-corrected chi connectivity index (χ0v) is 17.4. The second kappa shape index (κ2) is 8.35. The predicted octanol–water partition coefficient (Wildman–Crippen LogP) is 4.21. The fourth-order valence-electron chi connectivity index (χ4n) is 2.70. The second-order valence-electron chi connectivity index (χ2n) is 7.55. The minimum atomic E-state index is -0.986. The number of nitrogens with zero attached hydrogens (tertiary/aromatic N) is 4. The van der Waals surface area contributed by atoms with Gasteiger partial charge in [0.15, 0.2) is 0 Å². The SMILES string of the molecule is CC(C)(C(=O)Nc1ccc(-c2cnccn2)cc1F)c1ccnc(NSC2CC2)n1. The van der Waals surface area contributed by atoms with Gasteiger partial charge < -0.3 is 5.32 Å².